The van der Waals surface area contributed by atoms with Gasteiger partial charge in [0.2, 0.25) is 0 Å². The summed E-state index contributed by atoms with van der Waals surface area (Å²) in [4.78, 5) is 0. The fourth-order valence-electron chi connectivity index (χ4n) is 1.24. The molecule has 0 aliphatic heterocycles. The van der Waals surface area contributed by atoms with Crippen molar-refractivity contribution in [3.05, 3.63) is 34.1 Å². The van der Waals surface area contributed by atoms with Gasteiger partial charge < -0.3 is 15.5 Å². The quantitative estimate of drug-likeness (QED) is 0.775. The average molecular weight is 278 g/mol. The molecule has 3 nitrogen and oxygen atoms in total. The summed E-state index contributed by atoms with van der Waals surface area (Å²) in [6.07, 6.45) is -2.03. The van der Waals surface area contributed by atoms with Gasteiger partial charge in [-0.3, -0.25) is 0 Å². The average Bonchev–Trinajstić information content (AvgIpc) is 2.21. The minimum Gasteiger partial charge on any atom is -0.389 e. The second-order valence-electron chi connectivity index (χ2n) is 3.24. The number of likely N-dealkylation sites (N-methyl/N-ethyl adjacent to an activating group) is 1. The van der Waals surface area contributed by atoms with E-state index in [1.165, 1.54) is 12.1 Å². The first-order chi connectivity index (χ1) is 7.06. The molecule has 1 aromatic carbocycles. The topological polar surface area (TPSA) is 52.5 Å². The fraction of sp³-hybridized carbons (Fsp3) is 0.400. The molecule has 0 aliphatic rings. The number of halogens is 2. The molecule has 0 heterocycles. The lowest BCUT2D eigenvalue weighted by Crippen LogP contribution is -2.29. The Morgan fingerprint density at radius 2 is 2.13 bits per heavy atom. The summed E-state index contributed by atoms with van der Waals surface area (Å²) >= 11 is 3.01. The van der Waals surface area contributed by atoms with Crippen molar-refractivity contribution in [2.45, 2.75) is 12.2 Å². The molecule has 0 fully saturated rings. The molecule has 0 saturated heterocycles. The Balaban J connectivity index is 2.81. The molecule has 0 aliphatic carbocycles. The van der Waals surface area contributed by atoms with Crippen LogP contribution in [0.2, 0.25) is 0 Å². The van der Waals surface area contributed by atoms with Gasteiger partial charge in [0, 0.05) is 6.54 Å². The van der Waals surface area contributed by atoms with Gasteiger partial charge in [-0.2, -0.15) is 0 Å². The van der Waals surface area contributed by atoms with Crippen LogP contribution >= 0.6 is 15.9 Å². The van der Waals surface area contributed by atoms with E-state index in [1.54, 1.807) is 13.1 Å². The molecule has 5 heteroatoms. The fourth-order valence-corrected chi connectivity index (χ4v) is 1.49. The second-order valence-corrected chi connectivity index (χ2v) is 4.10. The number of benzene rings is 1. The number of hydrogen-bond donors (Lipinski definition) is 3. The van der Waals surface area contributed by atoms with Crippen molar-refractivity contribution in [2.75, 3.05) is 13.6 Å². The molecular weight excluding hydrogens is 265 g/mol. The third-order valence-electron chi connectivity index (χ3n) is 2.06. The maximum absolute atomic E-state index is 13.1. The van der Waals surface area contributed by atoms with E-state index in [0.29, 0.717) is 10.0 Å². The van der Waals surface area contributed by atoms with Crippen LogP contribution in [0, 0.1) is 5.82 Å². The van der Waals surface area contributed by atoms with Crippen LogP contribution in [-0.4, -0.2) is 29.9 Å². The largest absolute Gasteiger partial charge is 0.389 e. The molecule has 2 unspecified atom stereocenters. The van der Waals surface area contributed by atoms with Gasteiger partial charge in [-0.15, -0.1) is 0 Å². The van der Waals surface area contributed by atoms with Crippen molar-refractivity contribution in [1.29, 1.82) is 0 Å². The summed E-state index contributed by atoms with van der Waals surface area (Å²) in [5.74, 6) is -0.455. The van der Waals surface area contributed by atoms with Crippen LogP contribution in [-0.2, 0) is 0 Å². The molecular formula is C10H13BrFNO2. The van der Waals surface area contributed by atoms with E-state index in [0.717, 1.165) is 0 Å². The Morgan fingerprint density at radius 3 is 2.67 bits per heavy atom. The summed E-state index contributed by atoms with van der Waals surface area (Å²) < 4.78 is 13.5. The summed E-state index contributed by atoms with van der Waals surface area (Å²) in [7, 11) is 1.66. The monoisotopic (exact) mass is 277 g/mol. The van der Waals surface area contributed by atoms with Gasteiger partial charge in [-0.1, -0.05) is 6.07 Å². The number of hydrogen-bond acceptors (Lipinski definition) is 3. The molecule has 0 bridgehead atoms. The van der Waals surface area contributed by atoms with Crippen molar-refractivity contribution in [1.82, 2.24) is 5.32 Å². The molecule has 2 atom stereocenters. The molecule has 0 saturated carbocycles. The highest BCUT2D eigenvalue weighted by molar-refractivity contribution is 9.10. The first-order valence-electron chi connectivity index (χ1n) is 4.52. The predicted octanol–water partition coefficient (Wildman–Crippen LogP) is 1.20. The van der Waals surface area contributed by atoms with E-state index in [2.05, 4.69) is 21.2 Å². The molecule has 15 heavy (non-hydrogen) atoms. The first-order valence-corrected chi connectivity index (χ1v) is 5.31. The zero-order chi connectivity index (χ0) is 11.4. The van der Waals surface area contributed by atoms with Gasteiger partial charge >= 0.3 is 0 Å². The predicted molar refractivity (Wildman–Crippen MR) is 59.0 cm³/mol. The molecule has 84 valence electrons. The Labute approximate surface area is 96.1 Å². The lowest BCUT2D eigenvalue weighted by Gasteiger charge is -2.17. The van der Waals surface area contributed by atoms with E-state index in [-0.39, 0.29) is 6.54 Å². The summed E-state index contributed by atoms with van der Waals surface area (Å²) in [6.45, 7) is 0.249. The van der Waals surface area contributed by atoms with Crippen LogP contribution in [0.25, 0.3) is 0 Å². The van der Waals surface area contributed by atoms with Crippen molar-refractivity contribution < 1.29 is 14.6 Å². The third-order valence-corrected chi connectivity index (χ3v) is 2.71. The Kier molecular flexibility index (Phi) is 4.66. The summed E-state index contributed by atoms with van der Waals surface area (Å²) in [5, 5.41) is 21.9. The van der Waals surface area contributed by atoms with Crippen molar-refractivity contribution >= 4 is 15.9 Å². The zero-order valence-corrected chi connectivity index (χ0v) is 9.83. The van der Waals surface area contributed by atoms with Crippen molar-refractivity contribution in [3.63, 3.8) is 0 Å². The van der Waals surface area contributed by atoms with Gasteiger partial charge in [0.05, 0.1) is 10.6 Å². The number of nitrogens with one attached hydrogen (secondary N) is 1. The first kappa shape index (κ1) is 12.6. The summed E-state index contributed by atoms with van der Waals surface area (Å²) in [6, 6.07) is 4.27. The lowest BCUT2D eigenvalue weighted by atomic mass is 10.0. The van der Waals surface area contributed by atoms with Crippen molar-refractivity contribution in [2.24, 2.45) is 0 Å². The van der Waals surface area contributed by atoms with E-state index in [1.807, 2.05) is 0 Å². The minimum absolute atomic E-state index is 0.249. The van der Waals surface area contributed by atoms with Gasteiger partial charge in [0.15, 0.2) is 0 Å². The highest BCUT2D eigenvalue weighted by Crippen LogP contribution is 2.22. The molecule has 1 aromatic rings. The number of rotatable bonds is 4. The van der Waals surface area contributed by atoms with Crippen LogP contribution in [0.3, 0.4) is 0 Å². The van der Waals surface area contributed by atoms with Crippen LogP contribution < -0.4 is 5.32 Å². The maximum Gasteiger partial charge on any atom is 0.137 e. The Hall–Kier alpha value is -0.490. The molecule has 0 radical (unpaired) electrons. The van der Waals surface area contributed by atoms with Gasteiger partial charge in [0.1, 0.15) is 11.9 Å². The van der Waals surface area contributed by atoms with E-state index >= 15 is 0 Å². The normalized spacial score (nSPS) is 15.0. The zero-order valence-electron chi connectivity index (χ0n) is 8.24. The minimum atomic E-state index is -1.08. The molecule has 0 amide bonds. The Bertz CT molecular complexity index is 335. The molecule has 0 spiro atoms. The van der Waals surface area contributed by atoms with Crippen LogP contribution in [0.15, 0.2) is 22.7 Å². The van der Waals surface area contributed by atoms with E-state index < -0.39 is 18.0 Å². The van der Waals surface area contributed by atoms with Crippen molar-refractivity contribution in [3.8, 4) is 0 Å². The highest BCUT2D eigenvalue weighted by atomic mass is 79.9. The van der Waals surface area contributed by atoms with Crippen LogP contribution in [0.4, 0.5) is 4.39 Å². The molecule has 0 aromatic heterocycles. The second kappa shape index (κ2) is 5.55. The van der Waals surface area contributed by atoms with Gasteiger partial charge in [0.25, 0.3) is 0 Å². The SMILES string of the molecule is CNCC(O)C(O)c1ccc(Br)c(F)c1. The Morgan fingerprint density at radius 1 is 1.47 bits per heavy atom. The molecule has 3 N–H and O–H groups in total. The smallest absolute Gasteiger partial charge is 0.137 e. The highest BCUT2D eigenvalue weighted by Gasteiger charge is 2.18. The van der Waals surface area contributed by atoms with Crippen LogP contribution in [0.1, 0.15) is 11.7 Å². The third kappa shape index (κ3) is 3.24. The lowest BCUT2D eigenvalue weighted by molar-refractivity contribution is 0.0200. The summed E-state index contributed by atoms with van der Waals surface area (Å²) in [5.41, 5.74) is 0.360. The molecule has 1 rings (SSSR count). The van der Waals surface area contributed by atoms with Gasteiger partial charge in [-0.05, 0) is 40.7 Å². The standard InChI is InChI=1S/C10H13BrFNO2/c1-13-5-9(14)10(15)6-2-3-7(11)8(12)4-6/h2-4,9-10,13-15H,5H2,1H3. The number of aliphatic hydroxyl groups excluding tert-OH is 2. The van der Waals surface area contributed by atoms with E-state index in [9.17, 15) is 14.6 Å². The number of aliphatic hydroxyl groups is 2. The van der Waals surface area contributed by atoms with Gasteiger partial charge in [-0.25, -0.2) is 4.39 Å². The maximum atomic E-state index is 13.1. The van der Waals surface area contributed by atoms with Crippen LogP contribution in [0.5, 0.6) is 0 Å². The van der Waals surface area contributed by atoms with E-state index in [4.69, 9.17) is 0 Å².